The number of esters is 1. The number of rotatable bonds is 5. The fraction of sp³-hybridized carbons (Fsp3) is 0.435. The van der Waals surface area contributed by atoms with Gasteiger partial charge in [0.05, 0.1) is 35.4 Å². The number of ether oxygens (including phenoxy) is 2. The summed E-state index contributed by atoms with van der Waals surface area (Å²) in [5.41, 5.74) is 3.12. The van der Waals surface area contributed by atoms with Crippen molar-refractivity contribution in [3.8, 4) is 0 Å². The number of aryl methyl sites for hydroxylation is 1. The molecule has 1 N–H and O–H groups in total. The van der Waals surface area contributed by atoms with E-state index in [2.05, 4.69) is 24.1 Å². The number of aromatic nitrogens is 2. The summed E-state index contributed by atoms with van der Waals surface area (Å²) in [5, 5.41) is 4.15. The van der Waals surface area contributed by atoms with Gasteiger partial charge in [0.25, 0.3) is 0 Å². The first-order chi connectivity index (χ1) is 14.9. The largest absolute Gasteiger partial charge is 0.462 e. The minimum absolute atomic E-state index is 0.0891. The molecule has 0 saturated carbocycles. The van der Waals surface area contributed by atoms with Crippen LogP contribution in [0.1, 0.15) is 41.6 Å². The molecule has 3 aromatic rings. The first-order valence-corrected chi connectivity index (χ1v) is 11.4. The molecule has 8 heteroatoms. The highest BCUT2D eigenvalue weighted by atomic mass is 32.1. The molecule has 1 fully saturated rings. The van der Waals surface area contributed by atoms with Gasteiger partial charge >= 0.3 is 5.97 Å². The van der Waals surface area contributed by atoms with Gasteiger partial charge in [0.1, 0.15) is 5.00 Å². The van der Waals surface area contributed by atoms with Gasteiger partial charge in [0, 0.05) is 18.0 Å². The third-order valence-electron chi connectivity index (χ3n) is 5.37. The van der Waals surface area contributed by atoms with Gasteiger partial charge < -0.3 is 19.7 Å². The van der Waals surface area contributed by atoms with Crippen molar-refractivity contribution in [2.75, 3.05) is 29.9 Å². The molecule has 1 aliphatic heterocycles. The minimum Gasteiger partial charge on any atom is -0.462 e. The van der Waals surface area contributed by atoms with Gasteiger partial charge in [-0.25, -0.2) is 14.8 Å². The van der Waals surface area contributed by atoms with Crippen molar-refractivity contribution in [3.63, 3.8) is 0 Å². The molecule has 0 aliphatic carbocycles. The highest BCUT2D eigenvalue weighted by Crippen LogP contribution is 2.37. The fourth-order valence-corrected chi connectivity index (χ4v) is 4.97. The Labute approximate surface area is 186 Å². The summed E-state index contributed by atoms with van der Waals surface area (Å²) in [6.45, 7) is 11.7. The molecular weight excluding hydrogens is 412 g/mol. The molecule has 0 radical (unpaired) electrons. The SMILES string of the molecule is CCOC(=O)c1c(Nc2nc3ccccc3nc2N2C[C@@H](C)O[C@H](C)C2)sc(C)c1C. The van der Waals surface area contributed by atoms with E-state index in [-0.39, 0.29) is 18.2 Å². The van der Waals surface area contributed by atoms with Crippen LogP contribution in [-0.2, 0) is 9.47 Å². The Morgan fingerprint density at radius 1 is 1.19 bits per heavy atom. The predicted octanol–water partition coefficient (Wildman–Crippen LogP) is 4.84. The number of carbonyl (C=O) groups excluding carboxylic acids is 1. The number of anilines is 3. The third-order valence-corrected chi connectivity index (χ3v) is 6.49. The van der Waals surface area contributed by atoms with E-state index < -0.39 is 0 Å². The highest BCUT2D eigenvalue weighted by Gasteiger charge is 2.28. The molecule has 0 amide bonds. The Morgan fingerprint density at radius 2 is 1.84 bits per heavy atom. The van der Waals surface area contributed by atoms with Crippen LogP contribution in [0.2, 0.25) is 0 Å². The average molecular weight is 441 g/mol. The van der Waals surface area contributed by atoms with E-state index >= 15 is 0 Å². The first-order valence-electron chi connectivity index (χ1n) is 10.6. The summed E-state index contributed by atoms with van der Waals surface area (Å²) in [7, 11) is 0. The number of hydrogen-bond acceptors (Lipinski definition) is 8. The van der Waals surface area contributed by atoms with Crippen LogP contribution in [0, 0.1) is 13.8 Å². The van der Waals surface area contributed by atoms with Crippen molar-refractivity contribution < 1.29 is 14.3 Å². The number of fused-ring (bicyclic) bond motifs is 1. The van der Waals surface area contributed by atoms with Crippen molar-refractivity contribution in [1.29, 1.82) is 0 Å². The quantitative estimate of drug-likeness (QED) is 0.569. The fourth-order valence-electron chi connectivity index (χ4n) is 3.92. The zero-order chi connectivity index (χ0) is 22.1. The molecule has 4 rings (SSSR count). The second kappa shape index (κ2) is 8.80. The molecule has 2 aromatic heterocycles. The van der Waals surface area contributed by atoms with Crippen LogP contribution >= 0.6 is 11.3 Å². The van der Waals surface area contributed by atoms with Crippen LogP contribution in [0.15, 0.2) is 24.3 Å². The summed E-state index contributed by atoms with van der Waals surface area (Å²) in [6, 6.07) is 7.82. The van der Waals surface area contributed by atoms with E-state index in [1.165, 1.54) is 11.3 Å². The van der Waals surface area contributed by atoms with Crippen molar-refractivity contribution in [3.05, 3.63) is 40.3 Å². The van der Waals surface area contributed by atoms with E-state index in [0.717, 1.165) is 45.4 Å². The molecule has 0 unspecified atom stereocenters. The summed E-state index contributed by atoms with van der Waals surface area (Å²) in [5.74, 6) is 1.07. The van der Waals surface area contributed by atoms with Gasteiger partial charge in [-0.05, 0) is 52.3 Å². The Bertz CT molecular complexity index is 1100. The molecule has 1 aliphatic rings. The van der Waals surface area contributed by atoms with Gasteiger partial charge in [-0.2, -0.15) is 0 Å². The lowest BCUT2D eigenvalue weighted by Gasteiger charge is -2.36. The molecule has 1 saturated heterocycles. The van der Waals surface area contributed by atoms with Gasteiger partial charge in [-0.1, -0.05) is 12.1 Å². The van der Waals surface area contributed by atoms with Gasteiger partial charge in [0.15, 0.2) is 11.6 Å². The average Bonchev–Trinajstić information content (AvgIpc) is 3.00. The molecule has 1 aromatic carbocycles. The number of thiophene rings is 1. The lowest BCUT2D eigenvalue weighted by molar-refractivity contribution is -0.00541. The summed E-state index contributed by atoms with van der Waals surface area (Å²) in [6.07, 6.45) is 0.178. The number of carbonyl (C=O) groups is 1. The molecular formula is C23H28N4O3S. The molecule has 3 heterocycles. The van der Waals surface area contributed by atoms with E-state index in [1.807, 2.05) is 45.0 Å². The second-order valence-corrected chi connectivity index (χ2v) is 9.10. The van der Waals surface area contributed by atoms with Crippen LogP contribution < -0.4 is 10.2 Å². The number of para-hydroxylation sites is 2. The lowest BCUT2D eigenvalue weighted by atomic mass is 10.1. The van der Waals surface area contributed by atoms with Gasteiger partial charge in [0.2, 0.25) is 0 Å². The number of benzene rings is 1. The monoisotopic (exact) mass is 440 g/mol. The highest BCUT2D eigenvalue weighted by molar-refractivity contribution is 7.16. The standard InChI is InChI=1S/C23H28N4O3S/c1-6-29-23(28)19-15(4)16(5)31-22(19)26-20-21(27-11-13(2)30-14(3)12-27)25-18-10-8-7-9-17(18)24-20/h7-10,13-14H,6,11-12H2,1-5H3,(H,24,26)/t13-,14-/m1/s1. The molecule has 164 valence electrons. The van der Waals surface area contributed by atoms with Crippen molar-refractivity contribution in [2.45, 2.75) is 46.8 Å². The molecule has 31 heavy (non-hydrogen) atoms. The Hall–Kier alpha value is -2.71. The molecule has 0 spiro atoms. The van der Waals surface area contributed by atoms with Gasteiger partial charge in [-0.3, -0.25) is 0 Å². The summed E-state index contributed by atoms with van der Waals surface area (Å²) >= 11 is 1.53. The van der Waals surface area contributed by atoms with E-state index in [9.17, 15) is 4.79 Å². The first kappa shape index (κ1) is 21.5. The maximum absolute atomic E-state index is 12.7. The Kier molecular flexibility index (Phi) is 6.11. The number of morpholine rings is 1. The molecule has 7 nitrogen and oxygen atoms in total. The van der Waals surface area contributed by atoms with Crippen molar-refractivity contribution in [2.24, 2.45) is 0 Å². The molecule has 2 atom stereocenters. The van der Waals surface area contributed by atoms with E-state index in [4.69, 9.17) is 19.4 Å². The number of hydrogen-bond donors (Lipinski definition) is 1. The number of nitrogens with one attached hydrogen (secondary N) is 1. The lowest BCUT2D eigenvalue weighted by Crippen LogP contribution is -2.46. The smallest absolute Gasteiger partial charge is 0.341 e. The van der Waals surface area contributed by atoms with Crippen LogP contribution in [-0.4, -0.2) is 47.8 Å². The van der Waals surface area contributed by atoms with Crippen LogP contribution in [0.4, 0.5) is 16.6 Å². The number of nitrogens with zero attached hydrogens (tertiary/aromatic N) is 3. The van der Waals surface area contributed by atoms with Gasteiger partial charge in [-0.15, -0.1) is 11.3 Å². The topological polar surface area (TPSA) is 76.6 Å². The zero-order valence-corrected chi connectivity index (χ0v) is 19.4. The maximum Gasteiger partial charge on any atom is 0.341 e. The predicted molar refractivity (Wildman–Crippen MR) is 125 cm³/mol. The van der Waals surface area contributed by atoms with Crippen molar-refractivity contribution in [1.82, 2.24) is 9.97 Å². The summed E-state index contributed by atoms with van der Waals surface area (Å²) < 4.78 is 11.2. The summed E-state index contributed by atoms with van der Waals surface area (Å²) in [4.78, 5) is 25.7. The van der Waals surface area contributed by atoms with E-state index in [0.29, 0.717) is 18.0 Å². The van der Waals surface area contributed by atoms with Crippen LogP contribution in [0.25, 0.3) is 11.0 Å². The van der Waals surface area contributed by atoms with Crippen LogP contribution in [0.3, 0.4) is 0 Å². The van der Waals surface area contributed by atoms with Crippen molar-refractivity contribution >= 4 is 45.0 Å². The van der Waals surface area contributed by atoms with Crippen LogP contribution in [0.5, 0.6) is 0 Å². The molecule has 0 bridgehead atoms. The maximum atomic E-state index is 12.7. The normalized spacial score (nSPS) is 18.9. The second-order valence-electron chi connectivity index (χ2n) is 7.88. The zero-order valence-electron chi connectivity index (χ0n) is 18.6. The Morgan fingerprint density at radius 3 is 2.48 bits per heavy atom. The Balaban J connectivity index is 1.80. The van der Waals surface area contributed by atoms with E-state index in [1.54, 1.807) is 0 Å². The third kappa shape index (κ3) is 4.36. The minimum atomic E-state index is -0.323.